The second-order valence-corrected chi connectivity index (χ2v) is 3.97. The van der Waals surface area contributed by atoms with E-state index in [9.17, 15) is 0 Å². The van der Waals surface area contributed by atoms with Gasteiger partial charge in [-0.25, -0.2) is 0 Å². The van der Waals surface area contributed by atoms with E-state index >= 15 is 0 Å². The zero-order chi connectivity index (χ0) is 7.90. The number of hydrogen-bond donors (Lipinski definition) is 1. The molecule has 2 atom stereocenters. The minimum atomic E-state index is 0.361. The first-order valence-electron chi connectivity index (χ1n) is 4.61. The third-order valence-corrected chi connectivity index (χ3v) is 3.52. The van der Waals surface area contributed by atoms with E-state index in [-0.39, 0.29) is 0 Å². The molecule has 1 heterocycles. The van der Waals surface area contributed by atoms with Gasteiger partial charge in [0.15, 0.2) is 0 Å². The predicted octanol–water partition coefficient (Wildman–Crippen LogP) is 1.15. The third-order valence-electron chi connectivity index (χ3n) is 3.52. The van der Waals surface area contributed by atoms with Crippen molar-refractivity contribution in [1.29, 1.82) is 0 Å². The van der Waals surface area contributed by atoms with Crippen molar-refractivity contribution in [3.8, 4) is 0 Å². The highest BCUT2D eigenvalue weighted by molar-refractivity contribution is 5.01. The van der Waals surface area contributed by atoms with Gasteiger partial charge in [-0.3, -0.25) is 0 Å². The molecule has 1 aliphatic heterocycles. The van der Waals surface area contributed by atoms with E-state index in [0.717, 1.165) is 19.1 Å². The molecule has 2 N–H and O–H groups in total. The van der Waals surface area contributed by atoms with Gasteiger partial charge in [0.1, 0.15) is 0 Å². The molecule has 1 saturated heterocycles. The van der Waals surface area contributed by atoms with Crippen LogP contribution >= 0.6 is 0 Å². The average molecular weight is 155 g/mol. The van der Waals surface area contributed by atoms with E-state index in [1.807, 2.05) is 0 Å². The highest BCUT2D eigenvalue weighted by Gasteiger charge is 2.50. The largest absolute Gasteiger partial charge is 0.378 e. The summed E-state index contributed by atoms with van der Waals surface area (Å²) in [6, 6.07) is 0. The van der Waals surface area contributed by atoms with E-state index < -0.39 is 0 Å². The van der Waals surface area contributed by atoms with Gasteiger partial charge >= 0.3 is 0 Å². The Morgan fingerprint density at radius 1 is 1.55 bits per heavy atom. The summed E-state index contributed by atoms with van der Waals surface area (Å²) in [4.78, 5) is 0. The minimum Gasteiger partial charge on any atom is -0.378 e. The molecular formula is C9H17NO. The molecule has 1 saturated carbocycles. The summed E-state index contributed by atoms with van der Waals surface area (Å²) in [5, 5.41) is 0. The summed E-state index contributed by atoms with van der Waals surface area (Å²) < 4.78 is 5.58. The molecule has 1 aliphatic carbocycles. The second kappa shape index (κ2) is 2.46. The van der Waals surface area contributed by atoms with Crippen molar-refractivity contribution in [3.05, 3.63) is 0 Å². The van der Waals surface area contributed by atoms with Crippen molar-refractivity contribution in [2.24, 2.45) is 17.1 Å². The maximum Gasteiger partial charge on any atom is 0.0618 e. The first-order valence-corrected chi connectivity index (χ1v) is 4.61. The number of rotatable bonds is 2. The van der Waals surface area contributed by atoms with Crippen LogP contribution < -0.4 is 5.73 Å². The Morgan fingerprint density at radius 3 is 2.64 bits per heavy atom. The number of ether oxygens (including phenoxy) is 1. The minimum absolute atomic E-state index is 0.361. The van der Waals surface area contributed by atoms with Crippen molar-refractivity contribution < 1.29 is 4.74 Å². The van der Waals surface area contributed by atoms with Crippen LogP contribution in [0.1, 0.15) is 26.2 Å². The summed E-state index contributed by atoms with van der Waals surface area (Å²) in [7, 11) is 0. The summed E-state index contributed by atoms with van der Waals surface area (Å²) in [5.41, 5.74) is 6.18. The molecule has 2 nitrogen and oxygen atoms in total. The average Bonchev–Trinajstić information content (AvgIpc) is 2.78. The van der Waals surface area contributed by atoms with Gasteiger partial charge in [0.25, 0.3) is 0 Å². The molecule has 2 rings (SSSR count). The van der Waals surface area contributed by atoms with Crippen LogP contribution in [-0.4, -0.2) is 19.3 Å². The lowest BCUT2D eigenvalue weighted by molar-refractivity contribution is 0.0561. The number of hydrogen-bond acceptors (Lipinski definition) is 2. The van der Waals surface area contributed by atoms with Crippen LogP contribution in [0.4, 0.5) is 0 Å². The lowest BCUT2D eigenvalue weighted by Crippen LogP contribution is -2.38. The molecule has 11 heavy (non-hydrogen) atoms. The molecule has 2 unspecified atom stereocenters. The van der Waals surface area contributed by atoms with E-state index in [2.05, 4.69) is 6.92 Å². The maximum atomic E-state index is 5.82. The molecule has 0 amide bonds. The van der Waals surface area contributed by atoms with Gasteiger partial charge in [0.2, 0.25) is 0 Å². The fourth-order valence-corrected chi connectivity index (χ4v) is 2.42. The molecule has 2 aliphatic rings. The van der Waals surface area contributed by atoms with Gasteiger partial charge in [0.05, 0.1) is 6.10 Å². The van der Waals surface area contributed by atoms with Crippen LogP contribution in [0.25, 0.3) is 0 Å². The quantitative estimate of drug-likeness (QED) is 0.649. The highest BCUT2D eigenvalue weighted by atomic mass is 16.5. The Balaban J connectivity index is 2.13. The molecule has 64 valence electrons. The van der Waals surface area contributed by atoms with Gasteiger partial charge in [-0.05, 0) is 32.1 Å². The SMILES string of the molecule is CC1OCCC1(CN)C1CC1. The first-order chi connectivity index (χ1) is 5.29. The monoisotopic (exact) mass is 155 g/mol. The second-order valence-electron chi connectivity index (χ2n) is 3.97. The van der Waals surface area contributed by atoms with E-state index in [1.165, 1.54) is 19.3 Å². The van der Waals surface area contributed by atoms with Crippen LogP contribution in [0.15, 0.2) is 0 Å². The smallest absolute Gasteiger partial charge is 0.0618 e. The van der Waals surface area contributed by atoms with Gasteiger partial charge < -0.3 is 10.5 Å². The molecule has 2 heteroatoms. The summed E-state index contributed by atoms with van der Waals surface area (Å²) in [6.45, 7) is 3.92. The molecule has 0 aromatic rings. The van der Waals surface area contributed by atoms with Crippen LogP contribution in [-0.2, 0) is 4.74 Å². The van der Waals surface area contributed by atoms with Crippen LogP contribution in [0.2, 0.25) is 0 Å². The fourth-order valence-electron chi connectivity index (χ4n) is 2.42. The molecule has 0 aromatic heterocycles. The van der Waals surface area contributed by atoms with Gasteiger partial charge in [-0.15, -0.1) is 0 Å². The number of nitrogens with two attached hydrogens (primary N) is 1. The first kappa shape index (κ1) is 7.56. The van der Waals surface area contributed by atoms with E-state index in [1.54, 1.807) is 0 Å². The van der Waals surface area contributed by atoms with E-state index in [0.29, 0.717) is 11.5 Å². The zero-order valence-electron chi connectivity index (χ0n) is 7.18. The summed E-state index contributed by atoms with van der Waals surface area (Å²) in [6.07, 6.45) is 4.35. The molecule has 0 aromatic carbocycles. The molecule has 0 radical (unpaired) electrons. The molecule has 0 spiro atoms. The zero-order valence-corrected chi connectivity index (χ0v) is 7.18. The highest BCUT2D eigenvalue weighted by Crippen LogP contribution is 2.52. The van der Waals surface area contributed by atoms with Gasteiger partial charge in [-0.2, -0.15) is 0 Å². The molecule has 2 fully saturated rings. The van der Waals surface area contributed by atoms with Crippen LogP contribution in [0.5, 0.6) is 0 Å². The van der Waals surface area contributed by atoms with Crippen molar-refractivity contribution in [2.45, 2.75) is 32.3 Å². The summed E-state index contributed by atoms with van der Waals surface area (Å²) in [5.74, 6) is 0.880. The summed E-state index contributed by atoms with van der Waals surface area (Å²) >= 11 is 0. The normalized spacial score (nSPS) is 44.7. The van der Waals surface area contributed by atoms with Crippen molar-refractivity contribution in [2.75, 3.05) is 13.2 Å². The standard InChI is InChI=1S/C9H17NO/c1-7-9(6-10,4-5-11-7)8-2-3-8/h7-8H,2-6,10H2,1H3. The maximum absolute atomic E-state index is 5.82. The molecular weight excluding hydrogens is 138 g/mol. The van der Waals surface area contributed by atoms with Crippen molar-refractivity contribution >= 4 is 0 Å². The van der Waals surface area contributed by atoms with Gasteiger partial charge in [0, 0.05) is 18.6 Å². The Kier molecular flexibility index (Phi) is 1.69. The van der Waals surface area contributed by atoms with Crippen molar-refractivity contribution in [3.63, 3.8) is 0 Å². The fraction of sp³-hybridized carbons (Fsp3) is 1.00. The Morgan fingerprint density at radius 2 is 2.27 bits per heavy atom. The predicted molar refractivity (Wildman–Crippen MR) is 44.2 cm³/mol. The van der Waals surface area contributed by atoms with Crippen molar-refractivity contribution in [1.82, 2.24) is 0 Å². The topological polar surface area (TPSA) is 35.2 Å². The third kappa shape index (κ3) is 1.00. The Labute approximate surface area is 68.1 Å². The van der Waals surface area contributed by atoms with Crippen LogP contribution in [0.3, 0.4) is 0 Å². The molecule has 0 bridgehead atoms. The lowest BCUT2D eigenvalue weighted by atomic mass is 9.77. The lowest BCUT2D eigenvalue weighted by Gasteiger charge is -2.30. The Bertz CT molecular complexity index is 156. The Hall–Kier alpha value is -0.0800. The van der Waals surface area contributed by atoms with E-state index in [4.69, 9.17) is 10.5 Å². The van der Waals surface area contributed by atoms with Gasteiger partial charge in [-0.1, -0.05) is 0 Å². The van der Waals surface area contributed by atoms with Crippen LogP contribution in [0, 0.1) is 11.3 Å².